The summed E-state index contributed by atoms with van der Waals surface area (Å²) < 4.78 is 0. The van der Waals surface area contributed by atoms with Crippen LogP contribution >= 0.6 is 17.0 Å². The Bertz CT molecular complexity index is 730. The molecule has 1 nitrogen and oxygen atoms in total. The van der Waals surface area contributed by atoms with Crippen molar-refractivity contribution in [1.29, 1.82) is 0 Å². The summed E-state index contributed by atoms with van der Waals surface area (Å²) in [5.41, 5.74) is 10.9. The first kappa shape index (κ1) is 21.4. The van der Waals surface area contributed by atoms with Gasteiger partial charge in [0.1, 0.15) is 0 Å². The van der Waals surface area contributed by atoms with Crippen LogP contribution in [0.1, 0.15) is 30.0 Å². The maximum Gasteiger partial charge on any atom is 0.0267 e. The van der Waals surface area contributed by atoms with Gasteiger partial charge in [0.25, 0.3) is 0 Å². The standard InChI is InChI=1S/C25H29N.BrH/c1-2-24(18-21-12-6-3-7-13-21)25(26,19-22-14-8-4-9-15-22)20-23-16-10-5-11-17-23;/h3-17,24H,2,18-20,26H2,1H3;1H. The van der Waals surface area contributed by atoms with Crippen LogP contribution in [0.3, 0.4) is 0 Å². The van der Waals surface area contributed by atoms with Crippen molar-refractivity contribution < 1.29 is 0 Å². The molecule has 0 aliphatic heterocycles. The van der Waals surface area contributed by atoms with Gasteiger partial charge in [-0.15, -0.1) is 17.0 Å². The van der Waals surface area contributed by atoms with Gasteiger partial charge in [0, 0.05) is 5.54 Å². The molecule has 0 aliphatic rings. The molecule has 2 heteroatoms. The van der Waals surface area contributed by atoms with Gasteiger partial charge in [-0.1, -0.05) is 104 Å². The third kappa shape index (κ3) is 6.05. The van der Waals surface area contributed by atoms with E-state index in [2.05, 4.69) is 97.9 Å². The highest BCUT2D eigenvalue weighted by Gasteiger charge is 2.34. The van der Waals surface area contributed by atoms with Gasteiger partial charge in [0.05, 0.1) is 0 Å². The zero-order valence-electron chi connectivity index (χ0n) is 16.1. The lowest BCUT2D eigenvalue weighted by molar-refractivity contribution is 0.254. The molecule has 0 saturated carbocycles. The van der Waals surface area contributed by atoms with Crippen LogP contribution < -0.4 is 5.73 Å². The lowest BCUT2D eigenvalue weighted by Crippen LogP contribution is -2.51. The minimum Gasteiger partial charge on any atom is -0.324 e. The van der Waals surface area contributed by atoms with Crippen molar-refractivity contribution in [2.24, 2.45) is 11.7 Å². The number of nitrogens with two attached hydrogens (primary N) is 1. The molecule has 0 radical (unpaired) electrons. The minimum absolute atomic E-state index is 0. The maximum atomic E-state index is 7.16. The van der Waals surface area contributed by atoms with Crippen molar-refractivity contribution in [3.63, 3.8) is 0 Å². The third-order valence-corrected chi connectivity index (χ3v) is 5.38. The minimum atomic E-state index is -0.271. The van der Waals surface area contributed by atoms with Gasteiger partial charge in [-0.3, -0.25) is 0 Å². The van der Waals surface area contributed by atoms with Gasteiger partial charge >= 0.3 is 0 Å². The van der Waals surface area contributed by atoms with Crippen LogP contribution in [0.15, 0.2) is 91.0 Å². The van der Waals surface area contributed by atoms with Crippen LogP contribution in [0.4, 0.5) is 0 Å². The van der Waals surface area contributed by atoms with Gasteiger partial charge in [0.15, 0.2) is 0 Å². The summed E-state index contributed by atoms with van der Waals surface area (Å²) in [5, 5.41) is 0. The van der Waals surface area contributed by atoms with Gasteiger partial charge in [0.2, 0.25) is 0 Å². The van der Waals surface area contributed by atoms with Crippen molar-refractivity contribution in [3.8, 4) is 0 Å². The number of hydrogen-bond acceptors (Lipinski definition) is 1. The summed E-state index contributed by atoms with van der Waals surface area (Å²) in [7, 11) is 0. The molecule has 3 aromatic rings. The molecule has 1 atom stereocenters. The highest BCUT2D eigenvalue weighted by atomic mass is 79.9. The van der Waals surface area contributed by atoms with Gasteiger partial charge in [-0.2, -0.15) is 0 Å². The lowest BCUT2D eigenvalue weighted by atomic mass is 9.72. The van der Waals surface area contributed by atoms with Crippen molar-refractivity contribution in [2.75, 3.05) is 0 Å². The van der Waals surface area contributed by atoms with Crippen molar-refractivity contribution in [2.45, 2.75) is 38.1 Å². The van der Waals surface area contributed by atoms with Crippen LogP contribution in [-0.2, 0) is 19.3 Å². The molecule has 0 spiro atoms. The smallest absolute Gasteiger partial charge is 0.0267 e. The van der Waals surface area contributed by atoms with E-state index in [9.17, 15) is 0 Å². The van der Waals surface area contributed by atoms with Gasteiger partial charge in [-0.25, -0.2) is 0 Å². The average Bonchev–Trinajstić information content (AvgIpc) is 2.68. The highest BCUT2D eigenvalue weighted by molar-refractivity contribution is 8.93. The Morgan fingerprint density at radius 2 is 1.04 bits per heavy atom. The Morgan fingerprint density at radius 3 is 1.41 bits per heavy atom. The molecule has 3 rings (SSSR count). The van der Waals surface area contributed by atoms with Crippen molar-refractivity contribution >= 4 is 17.0 Å². The fraction of sp³-hybridized carbons (Fsp3) is 0.280. The summed E-state index contributed by atoms with van der Waals surface area (Å²) in [4.78, 5) is 0. The van der Waals surface area contributed by atoms with Gasteiger partial charge < -0.3 is 5.73 Å². The lowest BCUT2D eigenvalue weighted by Gasteiger charge is -2.38. The Morgan fingerprint density at radius 1 is 0.667 bits per heavy atom. The van der Waals surface area contributed by atoms with E-state index in [0.29, 0.717) is 5.92 Å². The van der Waals surface area contributed by atoms with Crippen LogP contribution in [-0.4, -0.2) is 5.54 Å². The van der Waals surface area contributed by atoms with E-state index in [-0.39, 0.29) is 22.5 Å². The van der Waals surface area contributed by atoms with Crippen LogP contribution in [0, 0.1) is 5.92 Å². The van der Waals surface area contributed by atoms with Crippen LogP contribution in [0.2, 0.25) is 0 Å². The molecule has 3 aromatic carbocycles. The SMILES string of the molecule is Br.CCC(Cc1ccccc1)C(N)(Cc1ccccc1)Cc1ccccc1. The monoisotopic (exact) mass is 423 g/mol. The van der Waals surface area contributed by atoms with Gasteiger partial charge in [-0.05, 0) is 41.9 Å². The predicted molar refractivity (Wildman–Crippen MR) is 121 cm³/mol. The number of hydrogen-bond donors (Lipinski definition) is 1. The normalized spacial score (nSPS) is 12.2. The third-order valence-electron chi connectivity index (χ3n) is 5.38. The average molecular weight is 424 g/mol. The predicted octanol–water partition coefficient (Wildman–Crippen LogP) is 6.02. The zero-order chi connectivity index (χ0) is 18.2. The molecule has 1 unspecified atom stereocenters. The maximum absolute atomic E-state index is 7.16. The van der Waals surface area contributed by atoms with E-state index in [1.807, 2.05) is 0 Å². The molecule has 27 heavy (non-hydrogen) atoms. The Kier molecular flexibility index (Phi) is 8.27. The molecule has 0 aromatic heterocycles. The van der Waals surface area contributed by atoms with E-state index in [0.717, 1.165) is 25.7 Å². The first-order chi connectivity index (χ1) is 12.7. The molecule has 142 valence electrons. The summed E-state index contributed by atoms with van der Waals surface area (Å²) in [6.07, 6.45) is 3.89. The molecule has 0 bridgehead atoms. The van der Waals surface area contributed by atoms with E-state index in [4.69, 9.17) is 5.73 Å². The Labute approximate surface area is 174 Å². The molecule has 0 heterocycles. The number of benzene rings is 3. The topological polar surface area (TPSA) is 26.0 Å². The van der Waals surface area contributed by atoms with E-state index in [1.54, 1.807) is 0 Å². The first-order valence-corrected chi connectivity index (χ1v) is 9.60. The van der Waals surface area contributed by atoms with Crippen LogP contribution in [0.25, 0.3) is 0 Å². The summed E-state index contributed by atoms with van der Waals surface area (Å²) in [6, 6.07) is 32.1. The molecule has 0 fully saturated rings. The highest BCUT2D eigenvalue weighted by Crippen LogP contribution is 2.30. The molecule has 0 saturated heterocycles. The largest absolute Gasteiger partial charge is 0.324 e. The molecule has 0 amide bonds. The zero-order valence-corrected chi connectivity index (χ0v) is 17.8. The van der Waals surface area contributed by atoms with E-state index >= 15 is 0 Å². The second-order valence-corrected chi connectivity index (χ2v) is 7.35. The summed E-state index contributed by atoms with van der Waals surface area (Å²) >= 11 is 0. The molecule has 0 aliphatic carbocycles. The van der Waals surface area contributed by atoms with Crippen molar-refractivity contribution in [1.82, 2.24) is 0 Å². The number of rotatable bonds is 8. The fourth-order valence-electron chi connectivity index (χ4n) is 3.96. The number of halogens is 1. The fourth-order valence-corrected chi connectivity index (χ4v) is 3.96. The summed E-state index contributed by atoms with van der Waals surface area (Å²) in [5.74, 6) is 0.422. The second kappa shape index (κ2) is 10.4. The molecular formula is C25H30BrN. The van der Waals surface area contributed by atoms with E-state index in [1.165, 1.54) is 16.7 Å². The Balaban J connectivity index is 0.00000261. The van der Waals surface area contributed by atoms with Crippen LogP contribution in [0.5, 0.6) is 0 Å². The van der Waals surface area contributed by atoms with E-state index < -0.39 is 0 Å². The summed E-state index contributed by atoms with van der Waals surface area (Å²) in [6.45, 7) is 2.27. The molecule has 2 N–H and O–H groups in total. The second-order valence-electron chi connectivity index (χ2n) is 7.35. The Hall–Kier alpha value is -1.90. The van der Waals surface area contributed by atoms with Crippen molar-refractivity contribution in [3.05, 3.63) is 108 Å². The molecular weight excluding hydrogens is 394 g/mol. The quantitative estimate of drug-likeness (QED) is 0.470. The first-order valence-electron chi connectivity index (χ1n) is 9.60.